The number of unbranched alkanes of at least 4 members (excludes halogenated alkanes) is 24. The first-order chi connectivity index (χ1) is 18.5. The van der Waals surface area contributed by atoms with Gasteiger partial charge in [-0.1, -0.05) is 167 Å². The molecule has 4 nitrogen and oxygen atoms in total. The van der Waals surface area contributed by atoms with E-state index in [2.05, 4.69) is 13.8 Å². The van der Waals surface area contributed by atoms with Gasteiger partial charge < -0.3 is 10.2 Å². The fourth-order valence-electron chi connectivity index (χ4n) is 4.57. The van der Waals surface area contributed by atoms with E-state index in [1.54, 1.807) is 12.2 Å². The zero-order chi connectivity index (χ0) is 28.4. The van der Waals surface area contributed by atoms with Crippen molar-refractivity contribution in [2.75, 3.05) is 0 Å². The zero-order valence-electron chi connectivity index (χ0n) is 25.4. The molecular weight excluding hydrogens is 472 g/mol. The molecule has 0 fully saturated rings. The lowest BCUT2D eigenvalue weighted by Gasteiger charge is -2.02. The van der Waals surface area contributed by atoms with Crippen LogP contribution in [0.3, 0.4) is 0 Å². The van der Waals surface area contributed by atoms with Gasteiger partial charge in [0.2, 0.25) is 0 Å². The van der Waals surface area contributed by atoms with E-state index >= 15 is 0 Å². The molecule has 38 heavy (non-hydrogen) atoms. The fraction of sp³-hybridized carbons (Fsp3) is 0.824. The summed E-state index contributed by atoms with van der Waals surface area (Å²) in [5, 5.41) is 16.8. The first-order valence-corrected chi connectivity index (χ1v) is 16.3. The van der Waals surface area contributed by atoms with Gasteiger partial charge in [0.05, 0.1) is 0 Å². The minimum atomic E-state index is -0.835. The number of allylic oxidation sites excluding steroid dienone is 2. The number of hydrogen-bond acceptors (Lipinski definition) is 2. The van der Waals surface area contributed by atoms with Gasteiger partial charge in [-0.2, -0.15) is 0 Å². The second-order valence-electron chi connectivity index (χ2n) is 10.8. The van der Waals surface area contributed by atoms with Crippen molar-refractivity contribution in [2.45, 2.75) is 181 Å². The van der Waals surface area contributed by atoms with E-state index in [1.807, 2.05) is 0 Å². The molecule has 0 aliphatic rings. The minimum absolute atomic E-state index is 0.834. The van der Waals surface area contributed by atoms with Crippen molar-refractivity contribution in [3.8, 4) is 0 Å². The first-order valence-electron chi connectivity index (χ1n) is 16.3. The summed E-state index contributed by atoms with van der Waals surface area (Å²) >= 11 is 0. The molecule has 0 saturated carbocycles. The molecule has 0 aliphatic heterocycles. The Balaban J connectivity index is 0. The number of rotatable bonds is 28. The van der Waals surface area contributed by atoms with Crippen LogP contribution in [0, 0.1) is 0 Å². The molecule has 0 radical (unpaired) electrons. The molecule has 224 valence electrons. The van der Waals surface area contributed by atoms with E-state index in [-0.39, 0.29) is 0 Å². The van der Waals surface area contributed by atoms with Crippen LogP contribution in [0.15, 0.2) is 24.3 Å². The van der Waals surface area contributed by atoms with Crippen molar-refractivity contribution in [1.82, 2.24) is 0 Å². The Labute approximate surface area is 236 Å². The van der Waals surface area contributed by atoms with Crippen LogP contribution in [0.25, 0.3) is 0 Å². The topological polar surface area (TPSA) is 74.6 Å². The molecule has 0 rings (SSSR count). The number of carbonyl (C=O) groups is 2. The van der Waals surface area contributed by atoms with Crippen LogP contribution < -0.4 is 0 Å². The van der Waals surface area contributed by atoms with E-state index in [4.69, 9.17) is 10.2 Å². The fourth-order valence-corrected chi connectivity index (χ4v) is 4.57. The van der Waals surface area contributed by atoms with Crippen molar-refractivity contribution < 1.29 is 19.8 Å². The van der Waals surface area contributed by atoms with E-state index in [0.717, 1.165) is 25.7 Å². The Morgan fingerprint density at radius 2 is 0.605 bits per heavy atom. The van der Waals surface area contributed by atoms with Crippen LogP contribution in [-0.2, 0) is 9.59 Å². The summed E-state index contributed by atoms with van der Waals surface area (Å²) < 4.78 is 0. The monoisotopic (exact) mass is 536 g/mol. The number of aliphatic carboxylic acids is 2. The average Bonchev–Trinajstić information content (AvgIpc) is 2.89. The molecular formula is C34H64O4. The lowest BCUT2D eigenvalue weighted by atomic mass is 10.0. The highest BCUT2D eigenvalue weighted by molar-refractivity contribution is 5.79. The van der Waals surface area contributed by atoms with Crippen LogP contribution in [0.5, 0.6) is 0 Å². The second-order valence-corrected chi connectivity index (χ2v) is 10.8. The van der Waals surface area contributed by atoms with Gasteiger partial charge in [-0.05, 0) is 25.7 Å². The summed E-state index contributed by atoms with van der Waals surface area (Å²) in [4.78, 5) is 20.5. The van der Waals surface area contributed by atoms with E-state index in [9.17, 15) is 9.59 Å². The predicted molar refractivity (Wildman–Crippen MR) is 165 cm³/mol. The molecule has 0 bridgehead atoms. The summed E-state index contributed by atoms with van der Waals surface area (Å²) in [6, 6.07) is 0. The van der Waals surface area contributed by atoms with Crippen LogP contribution in [0.1, 0.15) is 181 Å². The average molecular weight is 537 g/mol. The summed E-state index contributed by atoms with van der Waals surface area (Å²) in [7, 11) is 0. The maximum Gasteiger partial charge on any atom is 0.327 e. The van der Waals surface area contributed by atoms with Gasteiger partial charge in [0, 0.05) is 12.2 Å². The Hall–Kier alpha value is -1.58. The minimum Gasteiger partial charge on any atom is -0.478 e. The van der Waals surface area contributed by atoms with Gasteiger partial charge in [-0.3, -0.25) is 0 Å². The van der Waals surface area contributed by atoms with Gasteiger partial charge in [-0.25, -0.2) is 9.59 Å². The highest BCUT2D eigenvalue weighted by Gasteiger charge is 1.94. The number of carboxylic acids is 2. The molecule has 0 unspecified atom stereocenters. The SMILES string of the molecule is CCCCCCCCCCCCCC=CC(=O)O.CCCCCCCCCCCCCCCC=CC(=O)O. The molecule has 0 atom stereocenters. The van der Waals surface area contributed by atoms with Gasteiger partial charge in [0.25, 0.3) is 0 Å². The summed E-state index contributed by atoms with van der Waals surface area (Å²) in [5.74, 6) is -1.67. The predicted octanol–water partition coefficient (Wildman–Crippen LogP) is 11.4. The molecule has 2 N–H and O–H groups in total. The Morgan fingerprint density at radius 1 is 0.395 bits per heavy atom. The Kier molecular flexibility index (Phi) is 35.9. The Morgan fingerprint density at radius 3 is 0.816 bits per heavy atom. The summed E-state index contributed by atoms with van der Waals surface area (Å²) in [5.41, 5.74) is 0. The van der Waals surface area contributed by atoms with Crippen LogP contribution in [-0.4, -0.2) is 22.2 Å². The van der Waals surface area contributed by atoms with Gasteiger partial charge in [-0.15, -0.1) is 0 Å². The lowest BCUT2D eigenvalue weighted by molar-refractivity contribution is -0.132. The molecule has 0 spiro atoms. The summed E-state index contributed by atoms with van der Waals surface area (Å²) in [6.45, 7) is 4.52. The number of carboxylic acid groups (broad SMARTS) is 2. The molecule has 0 amide bonds. The third-order valence-electron chi connectivity index (χ3n) is 6.97. The number of hydrogen-bond donors (Lipinski definition) is 2. The lowest BCUT2D eigenvalue weighted by Crippen LogP contribution is -1.86. The quantitative estimate of drug-likeness (QED) is 0.0770. The highest BCUT2D eigenvalue weighted by atomic mass is 16.4. The van der Waals surface area contributed by atoms with Crippen molar-refractivity contribution in [1.29, 1.82) is 0 Å². The van der Waals surface area contributed by atoms with Gasteiger partial charge in [0.15, 0.2) is 0 Å². The molecule has 4 heteroatoms. The highest BCUT2D eigenvalue weighted by Crippen LogP contribution is 2.13. The van der Waals surface area contributed by atoms with Crippen molar-refractivity contribution in [3.63, 3.8) is 0 Å². The largest absolute Gasteiger partial charge is 0.478 e. The van der Waals surface area contributed by atoms with Crippen LogP contribution in [0.4, 0.5) is 0 Å². The molecule has 0 heterocycles. The van der Waals surface area contributed by atoms with Crippen molar-refractivity contribution >= 4 is 11.9 Å². The molecule has 0 aromatic rings. The third kappa shape index (κ3) is 41.5. The third-order valence-corrected chi connectivity index (χ3v) is 6.97. The van der Waals surface area contributed by atoms with Crippen molar-refractivity contribution in [2.24, 2.45) is 0 Å². The zero-order valence-corrected chi connectivity index (χ0v) is 25.4. The summed E-state index contributed by atoms with van der Waals surface area (Å²) in [6.07, 6.45) is 40.2. The van der Waals surface area contributed by atoms with E-state index in [0.29, 0.717) is 0 Å². The first kappa shape index (κ1) is 38.6. The smallest absolute Gasteiger partial charge is 0.327 e. The molecule has 0 saturated heterocycles. The molecule has 0 aromatic heterocycles. The second kappa shape index (κ2) is 35.4. The standard InChI is InChI=1S/C18H34O2.C16H30O2/c1-2-3-4-5-6-7-8-9-10-11-12-13-14-15-16-17-18(19)20;1-2-3-4-5-6-7-8-9-10-11-12-13-14-15-16(17)18/h16-17H,2-15H2,1H3,(H,19,20);14-15H,2-13H2,1H3,(H,17,18). The van der Waals surface area contributed by atoms with Crippen LogP contribution in [0.2, 0.25) is 0 Å². The maximum atomic E-state index is 10.2. The van der Waals surface area contributed by atoms with Crippen molar-refractivity contribution in [3.05, 3.63) is 24.3 Å². The molecule has 0 aromatic carbocycles. The van der Waals surface area contributed by atoms with Crippen LogP contribution >= 0.6 is 0 Å². The van der Waals surface area contributed by atoms with E-state index < -0.39 is 11.9 Å². The van der Waals surface area contributed by atoms with Gasteiger partial charge in [0.1, 0.15) is 0 Å². The van der Waals surface area contributed by atoms with E-state index in [1.165, 1.54) is 153 Å². The van der Waals surface area contributed by atoms with Gasteiger partial charge >= 0.3 is 11.9 Å². The normalized spacial score (nSPS) is 11.2. The Bertz CT molecular complexity index is 539. The maximum absolute atomic E-state index is 10.2. The molecule has 0 aliphatic carbocycles.